The minimum Gasteiger partial charge on any atom is -0.480 e. The zero-order valence-corrected chi connectivity index (χ0v) is 13.8. The zero-order valence-electron chi connectivity index (χ0n) is 13.8. The number of carbonyl (C=O) groups is 2. The molecule has 1 aromatic carbocycles. The van der Waals surface area contributed by atoms with E-state index in [9.17, 15) is 9.59 Å². The zero-order chi connectivity index (χ0) is 16.6. The minimum atomic E-state index is -0.746. The van der Waals surface area contributed by atoms with E-state index in [-0.39, 0.29) is 11.8 Å². The van der Waals surface area contributed by atoms with Gasteiger partial charge in [0.1, 0.15) is 11.3 Å². The number of amides is 2. The van der Waals surface area contributed by atoms with Gasteiger partial charge in [0.05, 0.1) is 0 Å². The first-order chi connectivity index (χ1) is 11.7. The molecule has 24 heavy (non-hydrogen) atoms. The summed E-state index contributed by atoms with van der Waals surface area (Å²) in [5.74, 6) is 1.22. The maximum Gasteiger partial charge on any atom is 0.262 e. The average Bonchev–Trinajstić information content (AvgIpc) is 3.11. The van der Waals surface area contributed by atoms with E-state index in [1.165, 1.54) is 12.8 Å². The number of benzene rings is 1. The minimum absolute atomic E-state index is 0.0178. The second kappa shape index (κ2) is 6.11. The molecule has 2 saturated carbocycles. The maximum absolute atomic E-state index is 12.7. The predicted molar refractivity (Wildman–Crippen MR) is 89.6 cm³/mol. The van der Waals surface area contributed by atoms with Crippen molar-refractivity contribution >= 4 is 11.8 Å². The van der Waals surface area contributed by atoms with E-state index in [0.29, 0.717) is 12.3 Å². The smallest absolute Gasteiger partial charge is 0.262 e. The molecule has 1 heterocycles. The first kappa shape index (κ1) is 15.5. The Balaban J connectivity index is 1.41. The monoisotopic (exact) mass is 328 g/mol. The van der Waals surface area contributed by atoms with Crippen LogP contribution in [0.4, 0.5) is 0 Å². The summed E-state index contributed by atoms with van der Waals surface area (Å²) in [7, 11) is 0. The average molecular weight is 328 g/mol. The summed E-state index contributed by atoms with van der Waals surface area (Å²) in [5, 5.41) is 6.08. The lowest BCUT2D eigenvalue weighted by atomic mass is 9.95. The van der Waals surface area contributed by atoms with Gasteiger partial charge in [0.25, 0.3) is 5.91 Å². The molecule has 1 aromatic rings. The number of hydrogen-bond donors (Lipinski definition) is 2. The Morgan fingerprint density at radius 2 is 1.92 bits per heavy atom. The molecule has 0 bridgehead atoms. The molecule has 0 spiro atoms. The lowest BCUT2D eigenvalue weighted by Crippen LogP contribution is -2.59. The highest BCUT2D eigenvalue weighted by molar-refractivity contribution is 5.93. The van der Waals surface area contributed by atoms with Crippen LogP contribution in [0.3, 0.4) is 0 Å². The molecule has 0 aromatic heterocycles. The molecule has 0 saturated heterocycles. The molecule has 5 heteroatoms. The molecule has 4 rings (SSSR count). The molecular weight excluding hydrogens is 304 g/mol. The molecule has 2 amide bonds. The Hall–Kier alpha value is -2.04. The summed E-state index contributed by atoms with van der Waals surface area (Å²) in [6.07, 6.45) is 5.83. The molecule has 1 atom stereocenters. The van der Waals surface area contributed by atoms with Crippen LogP contribution in [0, 0.1) is 5.92 Å². The maximum atomic E-state index is 12.7. The van der Waals surface area contributed by atoms with Gasteiger partial charge >= 0.3 is 0 Å². The van der Waals surface area contributed by atoms with Gasteiger partial charge in [-0.25, -0.2) is 0 Å². The molecule has 3 aliphatic rings. The fourth-order valence-corrected chi connectivity index (χ4v) is 3.76. The Morgan fingerprint density at radius 1 is 1.17 bits per heavy atom. The van der Waals surface area contributed by atoms with Crippen LogP contribution in [-0.2, 0) is 16.0 Å². The standard InChI is InChI=1S/C19H24N2O3/c22-17(16-11-14-5-1-2-6-15(14)24-16)21-19(9-3-4-10-19)18(23)20-12-13-7-8-13/h1-2,5-6,13,16H,3-4,7-12H2,(H,20,23)(H,21,22)/t16-/m1/s1. The van der Waals surface area contributed by atoms with Gasteiger partial charge in [-0.15, -0.1) is 0 Å². The van der Waals surface area contributed by atoms with Gasteiger partial charge in [0, 0.05) is 13.0 Å². The Kier molecular flexibility index (Phi) is 3.94. The largest absolute Gasteiger partial charge is 0.480 e. The van der Waals surface area contributed by atoms with Crippen molar-refractivity contribution in [1.82, 2.24) is 10.6 Å². The first-order valence-electron chi connectivity index (χ1n) is 9.01. The van der Waals surface area contributed by atoms with Crippen LogP contribution < -0.4 is 15.4 Å². The SMILES string of the molecule is O=C(NC1(C(=O)NCC2CC2)CCCC1)[C@H]1Cc2ccccc2O1. The van der Waals surface area contributed by atoms with E-state index in [1.54, 1.807) is 0 Å². The van der Waals surface area contributed by atoms with Crippen molar-refractivity contribution in [2.24, 2.45) is 5.92 Å². The molecule has 2 fully saturated rings. The van der Waals surface area contributed by atoms with Gasteiger partial charge in [-0.05, 0) is 43.2 Å². The summed E-state index contributed by atoms with van der Waals surface area (Å²) in [6, 6.07) is 7.72. The fraction of sp³-hybridized carbons (Fsp3) is 0.579. The molecule has 0 radical (unpaired) electrons. The predicted octanol–water partition coefficient (Wildman–Crippen LogP) is 1.95. The third-order valence-electron chi connectivity index (χ3n) is 5.44. The second-order valence-corrected chi connectivity index (χ2v) is 7.35. The van der Waals surface area contributed by atoms with Crippen LogP contribution in [0.5, 0.6) is 5.75 Å². The Labute approximate surface area is 142 Å². The lowest BCUT2D eigenvalue weighted by Gasteiger charge is -2.30. The van der Waals surface area contributed by atoms with Gasteiger partial charge in [0.15, 0.2) is 6.10 Å². The van der Waals surface area contributed by atoms with Gasteiger partial charge in [0.2, 0.25) is 5.91 Å². The summed E-state index contributed by atoms with van der Waals surface area (Å²) in [5.41, 5.74) is 0.306. The summed E-state index contributed by atoms with van der Waals surface area (Å²) >= 11 is 0. The molecule has 2 N–H and O–H groups in total. The van der Waals surface area contributed by atoms with E-state index in [0.717, 1.165) is 43.5 Å². The number of fused-ring (bicyclic) bond motifs is 1. The Morgan fingerprint density at radius 3 is 2.62 bits per heavy atom. The highest BCUT2D eigenvalue weighted by Gasteiger charge is 2.44. The number of ether oxygens (including phenoxy) is 1. The van der Waals surface area contributed by atoms with E-state index in [2.05, 4.69) is 10.6 Å². The van der Waals surface area contributed by atoms with Crippen LogP contribution in [0.2, 0.25) is 0 Å². The van der Waals surface area contributed by atoms with E-state index in [1.807, 2.05) is 24.3 Å². The molecule has 1 aliphatic heterocycles. The van der Waals surface area contributed by atoms with Crippen molar-refractivity contribution in [2.45, 2.75) is 56.6 Å². The molecule has 0 unspecified atom stereocenters. The highest BCUT2D eigenvalue weighted by Crippen LogP contribution is 2.33. The van der Waals surface area contributed by atoms with Crippen LogP contribution in [0.1, 0.15) is 44.1 Å². The number of nitrogens with one attached hydrogen (secondary N) is 2. The van der Waals surface area contributed by atoms with Crippen LogP contribution in [0.15, 0.2) is 24.3 Å². The van der Waals surface area contributed by atoms with E-state index < -0.39 is 11.6 Å². The quantitative estimate of drug-likeness (QED) is 0.868. The third kappa shape index (κ3) is 2.99. The number of hydrogen-bond acceptors (Lipinski definition) is 3. The van der Waals surface area contributed by atoms with Gasteiger partial charge in [-0.3, -0.25) is 9.59 Å². The third-order valence-corrected chi connectivity index (χ3v) is 5.44. The van der Waals surface area contributed by atoms with Crippen molar-refractivity contribution in [3.63, 3.8) is 0 Å². The van der Waals surface area contributed by atoms with Crippen molar-refractivity contribution in [2.75, 3.05) is 6.54 Å². The molecule has 2 aliphatic carbocycles. The second-order valence-electron chi connectivity index (χ2n) is 7.35. The van der Waals surface area contributed by atoms with Gasteiger partial charge in [-0.1, -0.05) is 31.0 Å². The van der Waals surface area contributed by atoms with Crippen LogP contribution >= 0.6 is 0 Å². The summed E-state index contributed by atoms with van der Waals surface area (Å²) in [6.45, 7) is 0.738. The van der Waals surface area contributed by atoms with Crippen LogP contribution in [0.25, 0.3) is 0 Å². The van der Waals surface area contributed by atoms with Gasteiger partial charge < -0.3 is 15.4 Å². The van der Waals surface area contributed by atoms with Crippen molar-refractivity contribution in [1.29, 1.82) is 0 Å². The molecule has 5 nitrogen and oxygen atoms in total. The highest BCUT2D eigenvalue weighted by atomic mass is 16.5. The molecule has 128 valence electrons. The van der Waals surface area contributed by atoms with Crippen molar-refractivity contribution < 1.29 is 14.3 Å². The first-order valence-corrected chi connectivity index (χ1v) is 9.01. The van der Waals surface area contributed by atoms with E-state index in [4.69, 9.17) is 4.74 Å². The number of rotatable bonds is 5. The van der Waals surface area contributed by atoms with Crippen LogP contribution in [-0.4, -0.2) is 30.0 Å². The van der Waals surface area contributed by atoms with E-state index >= 15 is 0 Å². The lowest BCUT2D eigenvalue weighted by molar-refractivity contribution is -0.136. The van der Waals surface area contributed by atoms with Crippen molar-refractivity contribution in [3.05, 3.63) is 29.8 Å². The summed E-state index contributed by atoms with van der Waals surface area (Å²) in [4.78, 5) is 25.4. The van der Waals surface area contributed by atoms with Gasteiger partial charge in [-0.2, -0.15) is 0 Å². The van der Waals surface area contributed by atoms with Crippen molar-refractivity contribution in [3.8, 4) is 5.75 Å². The fourth-order valence-electron chi connectivity index (χ4n) is 3.76. The Bertz CT molecular complexity index is 623. The normalized spacial score (nSPS) is 24.1. The number of carbonyl (C=O) groups excluding carboxylic acids is 2. The molecular formula is C19H24N2O3. The topological polar surface area (TPSA) is 67.4 Å². The summed E-state index contributed by atoms with van der Waals surface area (Å²) < 4.78 is 5.77. The number of para-hydroxylation sites is 1.